The van der Waals surface area contributed by atoms with Gasteiger partial charge in [-0.2, -0.15) is 0 Å². The molecule has 5 nitrogen and oxygen atoms in total. The van der Waals surface area contributed by atoms with Gasteiger partial charge in [-0.1, -0.05) is 25.5 Å². The molecule has 1 unspecified atom stereocenters. The number of nitrogens with two attached hydrogens (primary N) is 1. The Morgan fingerprint density at radius 3 is 2.64 bits per heavy atom. The lowest BCUT2D eigenvalue weighted by Gasteiger charge is -2.12. The molecule has 1 aromatic rings. The Morgan fingerprint density at radius 2 is 2.00 bits per heavy atom. The van der Waals surface area contributed by atoms with Crippen LogP contribution in [-0.4, -0.2) is 31.8 Å². The number of halogens is 1. The number of carbonyl (C=O) groups is 1. The smallest absolute Gasteiger partial charge is 0.323 e. The molecule has 0 aromatic heterocycles. The number of unbranched alkanes of at least 4 members (excludes halogenated alkanes) is 1. The fraction of sp³-hybridized carbons (Fsp3) is 0.533. The van der Waals surface area contributed by atoms with E-state index in [1.807, 2.05) is 31.2 Å². The van der Waals surface area contributed by atoms with Crippen LogP contribution in [-0.2, 0) is 20.1 Å². The minimum atomic E-state index is -0.627. The van der Waals surface area contributed by atoms with Crippen LogP contribution in [0.2, 0.25) is 0 Å². The van der Waals surface area contributed by atoms with Crippen molar-refractivity contribution in [3.05, 3.63) is 29.8 Å². The maximum Gasteiger partial charge on any atom is 0.323 e. The number of carbonyl (C=O) groups excluding carboxylic acids is 1. The van der Waals surface area contributed by atoms with Gasteiger partial charge in [0, 0.05) is 21.2 Å². The van der Waals surface area contributed by atoms with Gasteiger partial charge in [0.1, 0.15) is 18.4 Å². The maximum absolute atomic E-state index is 11.7. The predicted octanol–water partition coefficient (Wildman–Crippen LogP) is 3.29. The molecule has 0 radical (unpaired) electrons. The van der Waals surface area contributed by atoms with Gasteiger partial charge in [-0.15, -0.1) is 0 Å². The summed E-state index contributed by atoms with van der Waals surface area (Å²) in [6.45, 7) is 3.51. The highest BCUT2D eigenvalue weighted by molar-refractivity contribution is 14.2. The minimum absolute atomic E-state index is 0.345. The van der Waals surface area contributed by atoms with Crippen LogP contribution in [0.25, 0.3) is 0 Å². The molecule has 1 rings (SSSR count). The highest BCUT2D eigenvalue weighted by Gasteiger charge is 2.15. The van der Waals surface area contributed by atoms with Gasteiger partial charge in [0.15, 0.2) is 0 Å². The van der Waals surface area contributed by atoms with Gasteiger partial charge < -0.3 is 19.4 Å². The molecular weight excluding hydrogens is 417 g/mol. The Morgan fingerprint density at radius 1 is 1.27 bits per heavy atom. The third-order valence-corrected chi connectivity index (χ3v) is 3.92. The van der Waals surface area contributed by atoms with E-state index >= 15 is 0 Å². The van der Waals surface area contributed by atoms with Crippen LogP contribution in [0.1, 0.15) is 25.3 Å². The molecule has 0 aliphatic carbocycles. The molecule has 0 fully saturated rings. The van der Waals surface area contributed by atoms with Crippen molar-refractivity contribution >= 4 is 36.4 Å². The molecule has 0 saturated heterocycles. The third-order valence-electron chi connectivity index (χ3n) is 2.90. The number of hydrogen-bond acceptors (Lipinski definition) is 6. The summed E-state index contributed by atoms with van der Waals surface area (Å²) in [5.74, 6) is 0.423. The lowest BCUT2D eigenvalue weighted by atomic mass is 10.1. The number of ether oxygens (including phenoxy) is 2. The highest BCUT2D eigenvalue weighted by atomic mass is 127. The van der Waals surface area contributed by atoms with E-state index < -0.39 is 6.04 Å². The zero-order chi connectivity index (χ0) is 16.2. The molecule has 0 aliphatic rings. The van der Waals surface area contributed by atoms with Gasteiger partial charge >= 0.3 is 5.97 Å². The van der Waals surface area contributed by atoms with Crippen LogP contribution in [0.15, 0.2) is 24.3 Å². The lowest BCUT2D eigenvalue weighted by molar-refractivity contribution is -0.145. The van der Waals surface area contributed by atoms with E-state index in [2.05, 4.69) is 21.2 Å². The molecule has 0 spiro atoms. The van der Waals surface area contributed by atoms with E-state index in [9.17, 15) is 4.79 Å². The highest BCUT2D eigenvalue weighted by Crippen LogP contribution is 2.15. The van der Waals surface area contributed by atoms with Crippen molar-refractivity contribution in [1.29, 1.82) is 0 Å². The van der Waals surface area contributed by atoms with E-state index in [0.29, 0.717) is 26.2 Å². The summed E-state index contributed by atoms with van der Waals surface area (Å²) in [6, 6.07) is 6.91. The molecule has 124 valence electrons. The van der Waals surface area contributed by atoms with Gasteiger partial charge in [-0.05, 0) is 30.5 Å². The first-order valence-corrected chi connectivity index (χ1v) is 10.5. The van der Waals surface area contributed by atoms with Crippen molar-refractivity contribution in [3.63, 3.8) is 0 Å². The molecule has 7 heteroatoms. The molecule has 0 amide bonds. The number of benzene rings is 1. The lowest BCUT2D eigenvalue weighted by Crippen LogP contribution is -2.34. The molecule has 0 heterocycles. The summed E-state index contributed by atoms with van der Waals surface area (Å²) in [7, 11) is 1.29. The third kappa shape index (κ3) is 8.21. The average Bonchev–Trinajstić information content (AvgIpc) is 2.53. The van der Waals surface area contributed by atoms with Crippen molar-refractivity contribution in [2.75, 3.05) is 19.8 Å². The topological polar surface area (TPSA) is 70.8 Å². The predicted molar refractivity (Wildman–Crippen MR) is 97.0 cm³/mol. The maximum atomic E-state index is 11.7. The molecule has 0 bridgehead atoms. The van der Waals surface area contributed by atoms with Gasteiger partial charge in [0.05, 0.1) is 22.4 Å². The first-order valence-electron chi connectivity index (χ1n) is 7.21. The van der Waals surface area contributed by atoms with Crippen LogP contribution < -0.4 is 10.5 Å². The number of esters is 1. The van der Waals surface area contributed by atoms with Crippen LogP contribution >= 0.6 is 30.4 Å². The molecule has 0 aliphatic heterocycles. The summed E-state index contributed by atoms with van der Waals surface area (Å²) in [5, 5.41) is 0. The van der Waals surface area contributed by atoms with E-state index in [4.69, 9.17) is 19.4 Å². The Balaban J connectivity index is 2.34. The van der Waals surface area contributed by atoms with Crippen molar-refractivity contribution in [3.8, 4) is 5.75 Å². The molecule has 2 N–H and O–H groups in total. The molecule has 0 saturated carbocycles. The van der Waals surface area contributed by atoms with Gasteiger partial charge in [-0.25, -0.2) is 0 Å². The van der Waals surface area contributed by atoms with Crippen LogP contribution in [0.5, 0.6) is 5.75 Å². The zero-order valence-corrected chi connectivity index (χ0v) is 15.6. The number of hydrogen-bond donors (Lipinski definition) is 1. The fourth-order valence-electron chi connectivity index (χ4n) is 1.71. The monoisotopic (exact) mass is 439 g/mol. The van der Waals surface area contributed by atoms with E-state index in [1.165, 1.54) is 9.21 Å². The van der Waals surface area contributed by atoms with Crippen molar-refractivity contribution < 1.29 is 18.5 Å². The largest absolute Gasteiger partial charge is 0.491 e. The normalized spacial score (nSPS) is 12.0. The Hall–Kier alpha value is -0.510. The SMILES string of the molecule is CCCCOC(=O)C(N)Cc1ccc(OCCOSI)cc1. The fourth-order valence-corrected chi connectivity index (χ4v) is 2.38. The molecule has 1 atom stereocenters. The van der Waals surface area contributed by atoms with E-state index in [1.54, 1.807) is 0 Å². The van der Waals surface area contributed by atoms with E-state index in [0.717, 1.165) is 24.2 Å². The first kappa shape index (κ1) is 19.5. The quantitative estimate of drug-likeness (QED) is 0.247. The average molecular weight is 439 g/mol. The first-order chi connectivity index (χ1) is 10.7. The van der Waals surface area contributed by atoms with E-state index in [-0.39, 0.29) is 5.97 Å². The van der Waals surface area contributed by atoms with Crippen molar-refractivity contribution in [2.24, 2.45) is 5.73 Å². The zero-order valence-electron chi connectivity index (χ0n) is 12.6. The Bertz CT molecular complexity index is 430. The molecule has 22 heavy (non-hydrogen) atoms. The summed E-state index contributed by atoms with van der Waals surface area (Å²) in [4.78, 5) is 11.7. The minimum Gasteiger partial charge on any atom is -0.491 e. The second-order valence-corrected chi connectivity index (χ2v) is 6.15. The Labute approximate surface area is 148 Å². The summed E-state index contributed by atoms with van der Waals surface area (Å²) in [5.41, 5.74) is 6.84. The summed E-state index contributed by atoms with van der Waals surface area (Å²) >= 11 is 2.06. The second kappa shape index (κ2) is 12.0. The van der Waals surface area contributed by atoms with Crippen molar-refractivity contribution in [1.82, 2.24) is 0 Å². The van der Waals surface area contributed by atoms with Gasteiger partial charge in [-0.3, -0.25) is 4.79 Å². The second-order valence-electron chi connectivity index (χ2n) is 4.71. The van der Waals surface area contributed by atoms with Crippen LogP contribution in [0, 0.1) is 0 Å². The summed E-state index contributed by atoms with van der Waals surface area (Å²) in [6.07, 6.45) is 2.32. The van der Waals surface area contributed by atoms with Crippen LogP contribution in [0.4, 0.5) is 0 Å². The number of rotatable bonds is 11. The van der Waals surface area contributed by atoms with Gasteiger partial charge in [0.25, 0.3) is 0 Å². The van der Waals surface area contributed by atoms with Crippen molar-refractivity contribution in [2.45, 2.75) is 32.2 Å². The Kier molecular flexibility index (Phi) is 10.6. The standard InChI is InChI=1S/C15H22INO4S/c1-2-3-8-20-15(18)14(17)11-12-4-6-13(7-5-12)19-9-10-21-22-16/h4-7,14H,2-3,8-11,17H2,1H3. The van der Waals surface area contributed by atoms with Crippen LogP contribution in [0.3, 0.4) is 0 Å². The van der Waals surface area contributed by atoms with Gasteiger partial charge in [0.2, 0.25) is 0 Å². The molecule has 1 aromatic carbocycles. The molecular formula is C15H22INO4S. The summed E-state index contributed by atoms with van der Waals surface area (Å²) < 4.78 is 15.7.